The van der Waals surface area contributed by atoms with Crippen LogP contribution in [-0.2, 0) is 4.74 Å². The molecular weight excluding hydrogens is 236 g/mol. The summed E-state index contributed by atoms with van der Waals surface area (Å²) in [4.78, 5) is 2.77. The predicted molar refractivity (Wildman–Crippen MR) is 80.3 cm³/mol. The molecule has 0 aromatic rings. The molecule has 112 valence electrons. The van der Waals surface area contributed by atoms with Gasteiger partial charge in [-0.1, -0.05) is 27.7 Å². The number of ether oxygens (including phenoxy) is 1. The van der Waals surface area contributed by atoms with E-state index in [4.69, 9.17) is 4.74 Å². The molecule has 3 nitrogen and oxygen atoms in total. The molecule has 0 aromatic carbocycles. The van der Waals surface area contributed by atoms with E-state index in [-0.39, 0.29) is 0 Å². The Hall–Kier alpha value is -0.120. The third-order valence-corrected chi connectivity index (χ3v) is 5.17. The SMILES string of the molecule is CC(C)C1CN(C(C)C2CCOC2)C(C(C)C)CN1. The van der Waals surface area contributed by atoms with Crippen LogP contribution in [0, 0.1) is 17.8 Å². The lowest BCUT2D eigenvalue weighted by molar-refractivity contribution is 0.0258. The van der Waals surface area contributed by atoms with E-state index >= 15 is 0 Å². The minimum absolute atomic E-state index is 0.639. The lowest BCUT2D eigenvalue weighted by atomic mass is 9.89. The van der Waals surface area contributed by atoms with Gasteiger partial charge in [-0.2, -0.15) is 0 Å². The highest BCUT2D eigenvalue weighted by Gasteiger charge is 2.37. The largest absolute Gasteiger partial charge is 0.381 e. The third kappa shape index (κ3) is 3.50. The lowest BCUT2D eigenvalue weighted by Crippen LogP contribution is -2.62. The molecule has 2 saturated heterocycles. The van der Waals surface area contributed by atoms with Crippen LogP contribution >= 0.6 is 0 Å². The Labute approximate surface area is 119 Å². The van der Waals surface area contributed by atoms with Crippen LogP contribution < -0.4 is 5.32 Å². The van der Waals surface area contributed by atoms with Crippen molar-refractivity contribution in [2.75, 3.05) is 26.3 Å². The molecule has 2 fully saturated rings. The minimum Gasteiger partial charge on any atom is -0.381 e. The number of nitrogens with one attached hydrogen (secondary N) is 1. The van der Waals surface area contributed by atoms with Crippen molar-refractivity contribution in [3.63, 3.8) is 0 Å². The van der Waals surface area contributed by atoms with E-state index in [1.807, 2.05) is 0 Å². The van der Waals surface area contributed by atoms with Crippen molar-refractivity contribution in [2.24, 2.45) is 17.8 Å². The van der Waals surface area contributed by atoms with Crippen molar-refractivity contribution in [3.05, 3.63) is 0 Å². The number of piperazine rings is 1. The molecule has 2 rings (SSSR count). The Morgan fingerprint density at radius 2 is 1.84 bits per heavy atom. The first kappa shape index (κ1) is 15.3. The third-order valence-electron chi connectivity index (χ3n) is 5.17. The second kappa shape index (κ2) is 6.55. The molecule has 0 aromatic heterocycles. The van der Waals surface area contributed by atoms with Gasteiger partial charge in [0.15, 0.2) is 0 Å². The van der Waals surface area contributed by atoms with Crippen LogP contribution in [0.25, 0.3) is 0 Å². The summed E-state index contributed by atoms with van der Waals surface area (Å²) in [6, 6.07) is 1.96. The molecule has 0 spiro atoms. The van der Waals surface area contributed by atoms with Crippen LogP contribution in [0.5, 0.6) is 0 Å². The van der Waals surface area contributed by atoms with Crippen molar-refractivity contribution >= 4 is 0 Å². The van der Waals surface area contributed by atoms with Crippen molar-refractivity contribution in [2.45, 2.75) is 59.2 Å². The first-order valence-corrected chi connectivity index (χ1v) is 8.07. The highest BCUT2D eigenvalue weighted by molar-refractivity contribution is 4.93. The number of hydrogen-bond donors (Lipinski definition) is 1. The van der Waals surface area contributed by atoms with Crippen LogP contribution in [-0.4, -0.2) is 49.3 Å². The summed E-state index contributed by atoms with van der Waals surface area (Å²) in [7, 11) is 0. The highest BCUT2D eigenvalue weighted by atomic mass is 16.5. The summed E-state index contributed by atoms with van der Waals surface area (Å²) in [6.07, 6.45) is 1.24. The van der Waals surface area contributed by atoms with Crippen LogP contribution in [0.15, 0.2) is 0 Å². The van der Waals surface area contributed by atoms with Crippen molar-refractivity contribution in [1.82, 2.24) is 10.2 Å². The number of rotatable bonds is 4. The average molecular weight is 268 g/mol. The summed E-state index contributed by atoms with van der Waals surface area (Å²) in [5.74, 6) is 2.15. The van der Waals surface area contributed by atoms with E-state index in [1.165, 1.54) is 13.0 Å². The molecule has 1 N–H and O–H groups in total. The predicted octanol–water partition coefficient (Wildman–Crippen LogP) is 2.37. The van der Waals surface area contributed by atoms with Crippen LogP contribution in [0.1, 0.15) is 41.0 Å². The average Bonchev–Trinajstić information content (AvgIpc) is 2.90. The van der Waals surface area contributed by atoms with E-state index in [1.54, 1.807) is 0 Å². The van der Waals surface area contributed by atoms with Crippen molar-refractivity contribution in [3.8, 4) is 0 Å². The standard InChI is InChI=1S/C16H32N2O/c1-11(2)15-9-18(16(8-17-15)12(3)4)13(5)14-6-7-19-10-14/h11-17H,6-10H2,1-5H3. The van der Waals surface area contributed by atoms with Gasteiger partial charge in [0.1, 0.15) is 0 Å². The first-order valence-electron chi connectivity index (χ1n) is 8.07. The van der Waals surface area contributed by atoms with E-state index in [2.05, 4.69) is 44.8 Å². The molecule has 0 bridgehead atoms. The van der Waals surface area contributed by atoms with Crippen LogP contribution in [0.3, 0.4) is 0 Å². The van der Waals surface area contributed by atoms with Gasteiger partial charge in [0.2, 0.25) is 0 Å². The minimum atomic E-state index is 0.639. The van der Waals surface area contributed by atoms with E-state index in [9.17, 15) is 0 Å². The van der Waals surface area contributed by atoms with E-state index in [0.717, 1.165) is 25.7 Å². The van der Waals surface area contributed by atoms with Gasteiger partial charge in [-0.15, -0.1) is 0 Å². The smallest absolute Gasteiger partial charge is 0.0509 e. The van der Waals surface area contributed by atoms with Gasteiger partial charge in [-0.3, -0.25) is 4.90 Å². The Balaban J connectivity index is 2.05. The Kier molecular flexibility index (Phi) is 5.27. The molecule has 4 unspecified atom stereocenters. The Bertz CT molecular complexity index is 274. The molecule has 2 aliphatic rings. The van der Waals surface area contributed by atoms with E-state index < -0.39 is 0 Å². The quantitative estimate of drug-likeness (QED) is 0.847. The van der Waals surface area contributed by atoms with Gasteiger partial charge >= 0.3 is 0 Å². The normalized spacial score (nSPS) is 35.2. The summed E-state index contributed by atoms with van der Waals surface area (Å²) in [5, 5.41) is 3.75. The van der Waals surface area contributed by atoms with Crippen molar-refractivity contribution < 1.29 is 4.74 Å². The van der Waals surface area contributed by atoms with Gasteiger partial charge in [0, 0.05) is 37.8 Å². The maximum atomic E-state index is 5.60. The molecular formula is C16H32N2O. The second-order valence-electron chi connectivity index (χ2n) is 7.13. The monoisotopic (exact) mass is 268 g/mol. The number of hydrogen-bond acceptors (Lipinski definition) is 3. The van der Waals surface area contributed by atoms with E-state index in [0.29, 0.717) is 30.0 Å². The zero-order chi connectivity index (χ0) is 14.0. The van der Waals surface area contributed by atoms with Gasteiger partial charge in [0.05, 0.1) is 6.61 Å². The number of nitrogens with zero attached hydrogens (tertiary/aromatic N) is 1. The van der Waals surface area contributed by atoms with Gasteiger partial charge in [-0.25, -0.2) is 0 Å². The maximum Gasteiger partial charge on any atom is 0.0509 e. The molecule has 0 aliphatic carbocycles. The molecule has 2 aliphatic heterocycles. The second-order valence-corrected chi connectivity index (χ2v) is 7.13. The summed E-state index contributed by atoms with van der Waals surface area (Å²) >= 11 is 0. The zero-order valence-electron chi connectivity index (χ0n) is 13.4. The summed E-state index contributed by atoms with van der Waals surface area (Å²) < 4.78 is 5.60. The molecule has 4 atom stereocenters. The zero-order valence-corrected chi connectivity index (χ0v) is 13.4. The molecule has 0 radical (unpaired) electrons. The summed E-state index contributed by atoms with van der Waals surface area (Å²) in [6.45, 7) is 16.0. The fourth-order valence-electron chi connectivity index (χ4n) is 3.55. The fraction of sp³-hybridized carbons (Fsp3) is 1.00. The molecule has 0 amide bonds. The fourth-order valence-corrected chi connectivity index (χ4v) is 3.55. The highest BCUT2D eigenvalue weighted by Crippen LogP contribution is 2.27. The Morgan fingerprint density at radius 3 is 2.37 bits per heavy atom. The molecule has 2 heterocycles. The maximum absolute atomic E-state index is 5.60. The summed E-state index contributed by atoms with van der Waals surface area (Å²) in [5.41, 5.74) is 0. The molecule has 0 saturated carbocycles. The van der Waals surface area contributed by atoms with Gasteiger partial charge < -0.3 is 10.1 Å². The van der Waals surface area contributed by atoms with Crippen molar-refractivity contribution in [1.29, 1.82) is 0 Å². The molecule has 3 heteroatoms. The van der Waals surface area contributed by atoms with Crippen LogP contribution in [0.2, 0.25) is 0 Å². The van der Waals surface area contributed by atoms with Gasteiger partial charge in [0.25, 0.3) is 0 Å². The lowest BCUT2D eigenvalue weighted by Gasteiger charge is -2.48. The molecule has 19 heavy (non-hydrogen) atoms. The Morgan fingerprint density at radius 1 is 1.11 bits per heavy atom. The first-order chi connectivity index (χ1) is 9.00. The van der Waals surface area contributed by atoms with Crippen LogP contribution in [0.4, 0.5) is 0 Å². The topological polar surface area (TPSA) is 24.5 Å². The van der Waals surface area contributed by atoms with Gasteiger partial charge in [-0.05, 0) is 31.1 Å².